The molecule has 1 aliphatic carbocycles. The second-order valence-electron chi connectivity index (χ2n) is 4.42. The number of aromatic nitrogens is 2. The lowest BCUT2D eigenvalue weighted by Crippen LogP contribution is -2.06. The molecule has 1 aromatic heterocycles. The van der Waals surface area contributed by atoms with E-state index in [1.807, 2.05) is 10.9 Å². The molecule has 1 aliphatic rings. The minimum absolute atomic E-state index is 0.243. The van der Waals surface area contributed by atoms with E-state index >= 15 is 0 Å². The van der Waals surface area contributed by atoms with E-state index in [2.05, 4.69) is 31.9 Å². The van der Waals surface area contributed by atoms with Crippen LogP contribution in [0.4, 0.5) is 0 Å². The Bertz CT molecular complexity index is 314. The minimum Gasteiger partial charge on any atom is -0.327 e. The molecule has 1 aromatic rings. The Morgan fingerprint density at radius 2 is 2.23 bits per heavy atom. The summed E-state index contributed by atoms with van der Waals surface area (Å²) in [5.74, 6) is 0.459. The van der Waals surface area contributed by atoms with Crippen LogP contribution in [0.5, 0.6) is 0 Å². The van der Waals surface area contributed by atoms with Gasteiger partial charge in [-0.05, 0) is 18.4 Å². The molecule has 3 heteroatoms. The summed E-state index contributed by atoms with van der Waals surface area (Å²) < 4.78 is 1.95. The number of rotatable bonds is 2. The molecular formula is C10H17N3. The molecule has 2 rings (SSSR count). The van der Waals surface area contributed by atoms with Crippen molar-refractivity contribution < 1.29 is 0 Å². The van der Waals surface area contributed by atoms with Crippen LogP contribution in [0, 0.1) is 5.41 Å². The van der Waals surface area contributed by atoms with Crippen molar-refractivity contribution in [1.29, 1.82) is 0 Å². The highest BCUT2D eigenvalue weighted by Crippen LogP contribution is 2.56. The normalized spacial score (nSPS) is 30.5. The van der Waals surface area contributed by atoms with Crippen molar-refractivity contribution >= 4 is 0 Å². The Morgan fingerprint density at radius 1 is 1.62 bits per heavy atom. The predicted molar refractivity (Wildman–Crippen MR) is 52.4 cm³/mol. The maximum absolute atomic E-state index is 5.98. The largest absolute Gasteiger partial charge is 0.327 e. The molecule has 13 heavy (non-hydrogen) atoms. The van der Waals surface area contributed by atoms with Crippen molar-refractivity contribution in [3.05, 3.63) is 18.0 Å². The smallest absolute Gasteiger partial charge is 0.0677 e. The van der Waals surface area contributed by atoms with Crippen LogP contribution in [0.25, 0.3) is 0 Å². The molecular weight excluding hydrogens is 162 g/mol. The van der Waals surface area contributed by atoms with Crippen LogP contribution < -0.4 is 5.73 Å². The van der Waals surface area contributed by atoms with E-state index in [4.69, 9.17) is 5.73 Å². The predicted octanol–water partition coefficient (Wildman–Crippen LogP) is 1.35. The molecule has 3 nitrogen and oxygen atoms in total. The first-order valence-electron chi connectivity index (χ1n) is 4.86. The zero-order valence-corrected chi connectivity index (χ0v) is 8.49. The van der Waals surface area contributed by atoms with Crippen molar-refractivity contribution in [2.45, 2.75) is 39.3 Å². The molecule has 2 atom stereocenters. The molecule has 0 aliphatic heterocycles. The van der Waals surface area contributed by atoms with E-state index in [-0.39, 0.29) is 11.5 Å². The van der Waals surface area contributed by atoms with Crippen LogP contribution in [-0.4, -0.2) is 15.8 Å². The van der Waals surface area contributed by atoms with Gasteiger partial charge in [0.05, 0.1) is 5.69 Å². The van der Waals surface area contributed by atoms with Crippen LogP contribution >= 0.6 is 0 Å². The molecule has 1 saturated carbocycles. The fraction of sp³-hybridized carbons (Fsp3) is 0.700. The number of hydrogen-bond donors (Lipinski definition) is 1. The minimum atomic E-state index is 0.243. The fourth-order valence-electron chi connectivity index (χ4n) is 1.96. The van der Waals surface area contributed by atoms with Crippen LogP contribution in [-0.2, 0) is 6.54 Å². The average Bonchev–Trinajstić information content (AvgIpc) is 2.55. The lowest BCUT2D eigenvalue weighted by molar-refractivity contribution is 0.585. The summed E-state index contributed by atoms with van der Waals surface area (Å²) in [4.78, 5) is 0. The van der Waals surface area contributed by atoms with Crippen molar-refractivity contribution in [2.75, 3.05) is 0 Å². The van der Waals surface area contributed by atoms with Crippen molar-refractivity contribution in [1.82, 2.24) is 9.78 Å². The monoisotopic (exact) mass is 179 g/mol. The van der Waals surface area contributed by atoms with Crippen molar-refractivity contribution in [2.24, 2.45) is 11.1 Å². The molecule has 2 unspecified atom stereocenters. The maximum Gasteiger partial charge on any atom is 0.0677 e. The molecule has 0 bridgehead atoms. The SMILES string of the molecule is CCn1ccc(C2C(N)C2(C)C)n1. The van der Waals surface area contributed by atoms with Crippen LogP contribution in [0.2, 0.25) is 0 Å². The zero-order valence-electron chi connectivity index (χ0n) is 8.49. The second-order valence-corrected chi connectivity index (χ2v) is 4.42. The van der Waals surface area contributed by atoms with Gasteiger partial charge in [0.25, 0.3) is 0 Å². The number of nitrogens with two attached hydrogens (primary N) is 1. The Morgan fingerprint density at radius 3 is 2.62 bits per heavy atom. The third-order valence-electron chi connectivity index (χ3n) is 3.21. The molecule has 0 spiro atoms. The Labute approximate surface area is 78.9 Å². The van der Waals surface area contributed by atoms with E-state index in [0.29, 0.717) is 5.92 Å². The summed E-state index contributed by atoms with van der Waals surface area (Å²) >= 11 is 0. The van der Waals surface area contributed by atoms with Gasteiger partial charge < -0.3 is 5.73 Å². The number of nitrogens with zero attached hydrogens (tertiary/aromatic N) is 2. The molecule has 2 N–H and O–H groups in total. The summed E-state index contributed by atoms with van der Waals surface area (Å²) in [6.07, 6.45) is 2.02. The van der Waals surface area contributed by atoms with Crippen LogP contribution in [0.1, 0.15) is 32.4 Å². The maximum atomic E-state index is 5.98. The van der Waals surface area contributed by atoms with Gasteiger partial charge in [0.2, 0.25) is 0 Å². The molecule has 0 radical (unpaired) electrons. The molecule has 0 saturated heterocycles. The summed E-state index contributed by atoms with van der Waals surface area (Å²) in [7, 11) is 0. The molecule has 0 aromatic carbocycles. The van der Waals surface area contributed by atoms with Gasteiger partial charge in [-0.25, -0.2) is 0 Å². The lowest BCUT2D eigenvalue weighted by atomic mass is 10.1. The van der Waals surface area contributed by atoms with Gasteiger partial charge in [-0.2, -0.15) is 5.10 Å². The topological polar surface area (TPSA) is 43.8 Å². The van der Waals surface area contributed by atoms with Crippen LogP contribution in [0.15, 0.2) is 12.3 Å². The van der Waals surface area contributed by atoms with Gasteiger partial charge in [0, 0.05) is 24.7 Å². The third-order valence-corrected chi connectivity index (χ3v) is 3.21. The highest BCUT2D eigenvalue weighted by molar-refractivity contribution is 5.27. The van der Waals surface area contributed by atoms with Gasteiger partial charge in [0.15, 0.2) is 0 Å². The standard InChI is InChI=1S/C10H17N3/c1-4-13-6-5-7(12-13)8-9(11)10(8,2)3/h5-6,8-9H,4,11H2,1-3H3. The average molecular weight is 179 g/mol. The first kappa shape index (κ1) is 8.75. The summed E-state index contributed by atoms with van der Waals surface area (Å²) in [5.41, 5.74) is 7.37. The van der Waals surface area contributed by atoms with Gasteiger partial charge in [0.1, 0.15) is 0 Å². The van der Waals surface area contributed by atoms with Gasteiger partial charge in [-0.15, -0.1) is 0 Å². The third kappa shape index (κ3) is 1.18. The summed E-state index contributed by atoms with van der Waals surface area (Å²) in [6.45, 7) is 7.43. The molecule has 72 valence electrons. The Kier molecular flexibility index (Phi) is 1.74. The van der Waals surface area contributed by atoms with Gasteiger partial charge >= 0.3 is 0 Å². The first-order valence-corrected chi connectivity index (χ1v) is 4.86. The summed E-state index contributed by atoms with van der Waals surface area (Å²) in [6, 6.07) is 2.37. The van der Waals surface area contributed by atoms with E-state index < -0.39 is 0 Å². The molecule has 1 fully saturated rings. The zero-order chi connectivity index (χ0) is 9.64. The lowest BCUT2D eigenvalue weighted by Gasteiger charge is -1.98. The van der Waals surface area contributed by atoms with Crippen molar-refractivity contribution in [3.8, 4) is 0 Å². The Balaban J connectivity index is 2.19. The highest BCUT2D eigenvalue weighted by atomic mass is 15.3. The Hall–Kier alpha value is -0.830. The quantitative estimate of drug-likeness (QED) is 0.744. The highest BCUT2D eigenvalue weighted by Gasteiger charge is 2.57. The van der Waals surface area contributed by atoms with E-state index in [9.17, 15) is 0 Å². The first-order chi connectivity index (χ1) is 6.07. The van der Waals surface area contributed by atoms with E-state index in [1.165, 1.54) is 0 Å². The fourth-order valence-corrected chi connectivity index (χ4v) is 1.96. The van der Waals surface area contributed by atoms with Gasteiger partial charge in [-0.1, -0.05) is 13.8 Å². The van der Waals surface area contributed by atoms with Crippen molar-refractivity contribution in [3.63, 3.8) is 0 Å². The molecule has 1 heterocycles. The van der Waals surface area contributed by atoms with E-state index in [1.54, 1.807) is 0 Å². The summed E-state index contributed by atoms with van der Waals surface area (Å²) in [5, 5.41) is 4.47. The molecule has 0 amide bonds. The van der Waals surface area contributed by atoms with E-state index in [0.717, 1.165) is 12.2 Å². The number of hydrogen-bond acceptors (Lipinski definition) is 2. The second kappa shape index (κ2) is 2.58. The van der Waals surface area contributed by atoms with Crippen LogP contribution in [0.3, 0.4) is 0 Å². The van der Waals surface area contributed by atoms with Gasteiger partial charge in [-0.3, -0.25) is 4.68 Å². The number of aryl methyl sites for hydroxylation is 1.